The number of carbonyl (C=O) groups excluding carboxylic acids is 1. The van der Waals surface area contributed by atoms with Crippen LogP contribution in [0.1, 0.15) is 33.1 Å². The monoisotopic (exact) mass is 129 g/mol. The summed E-state index contributed by atoms with van der Waals surface area (Å²) in [5.74, 6) is 0. The summed E-state index contributed by atoms with van der Waals surface area (Å²) < 4.78 is 0. The molecule has 0 aliphatic rings. The van der Waals surface area contributed by atoms with E-state index in [0.717, 1.165) is 25.5 Å². The van der Waals surface area contributed by atoms with Gasteiger partial charge >= 0.3 is 0 Å². The fourth-order valence-electron chi connectivity index (χ4n) is 0.784. The number of hydrogen-bond acceptors (Lipinski definition) is 2. The lowest BCUT2D eigenvalue weighted by molar-refractivity contribution is -0.112. The summed E-state index contributed by atoms with van der Waals surface area (Å²) in [4.78, 5) is 10.3. The third-order valence-electron chi connectivity index (χ3n) is 1.61. The molecule has 0 bridgehead atoms. The van der Waals surface area contributed by atoms with Gasteiger partial charge in [-0.3, -0.25) is 0 Å². The molecule has 0 aromatic heterocycles. The normalized spacial score (nSPS) is 16.8. The largest absolute Gasteiger partial charge is 0.319 e. The molecule has 0 fully saturated rings. The van der Waals surface area contributed by atoms with Crippen LogP contribution < -0.4 is 5.73 Å². The van der Waals surface area contributed by atoms with Crippen LogP contribution in [0.2, 0.25) is 0 Å². The summed E-state index contributed by atoms with van der Waals surface area (Å²) in [6.07, 6.45) is 3.37. The van der Waals surface area contributed by atoms with E-state index in [9.17, 15) is 4.79 Å². The van der Waals surface area contributed by atoms with E-state index in [-0.39, 0.29) is 0 Å². The van der Waals surface area contributed by atoms with E-state index in [1.54, 1.807) is 0 Å². The van der Waals surface area contributed by atoms with Gasteiger partial charge < -0.3 is 10.5 Å². The van der Waals surface area contributed by atoms with Crippen molar-refractivity contribution >= 4 is 6.29 Å². The zero-order chi connectivity index (χ0) is 7.33. The van der Waals surface area contributed by atoms with Crippen molar-refractivity contribution in [1.29, 1.82) is 0 Å². The molecule has 0 radical (unpaired) electrons. The molecule has 0 aliphatic heterocycles. The summed E-state index contributed by atoms with van der Waals surface area (Å²) in [7, 11) is 0. The van der Waals surface area contributed by atoms with E-state index in [2.05, 4.69) is 0 Å². The van der Waals surface area contributed by atoms with Gasteiger partial charge in [0.2, 0.25) is 0 Å². The molecule has 2 nitrogen and oxygen atoms in total. The molecule has 2 N–H and O–H groups in total. The SMILES string of the molecule is CCCC(N)(C=O)CC. The molecule has 0 saturated heterocycles. The summed E-state index contributed by atoms with van der Waals surface area (Å²) in [6.45, 7) is 3.96. The highest BCUT2D eigenvalue weighted by Crippen LogP contribution is 2.09. The fraction of sp³-hybridized carbons (Fsp3) is 0.857. The first-order valence-electron chi connectivity index (χ1n) is 3.43. The van der Waals surface area contributed by atoms with E-state index in [1.165, 1.54) is 0 Å². The molecule has 1 atom stereocenters. The average molecular weight is 129 g/mol. The van der Waals surface area contributed by atoms with Crippen LogP contribution in [0.3, 0.4) is 0 Å². The molecule has 0 rings (SSSR count). The Labute approximate surface area is 56.4 Å². The Morgan fingerprint density at radius 1 is 1.56 bits per heavy atom. The van der Waals surface area contributed by atoms with Crippen LogP contribution in [-0.2, 0) is 4.79 Å². The van der Waals surface area contributed by atoms with Gasteiger partial charge in [-0.05, 0) is 12.8 Å². The lowest BCUT2D eigenvalue weighted by Gasteiger charge is -2.18. The molecule has 1 unspecified atom stereocenters. The second kappa shape index (κ2) is 3.62. The van der Waals surface area contributed by atoms with Crippen molar-refractivity contribution in [1.82, 2.24) is 0 Å². The van der Waals surface area contributed by atoms with E-state index >= 15 is 0 Å². The maximum atomic E-state index is 10.3. The Morgan fingerprint density at radius 2 is 2.11 bits per heavy atom. The van der Waals surface area contributed by atoms with Crippen LogP contribution in [0.25, 0.3) is 0 Å². The van der Waals surface area contributed by atoms with E-state index < -0.39 is 5.54 Å². The van der Waals surface area contributed by atoms with Crippen molar-refractivity contribution in [2.24, 2.45) is 5.73 Å². The van der Waals surface area contributed by atoms with Gasteiger partial charge in [0.05, 0.1) is 5.54 Å². The van der Waals surface area contributed by atoms with Crippen molar-refractivity contribution in [3.8, 4) is 0 Å². The third-order valence-corrected chi connectivity index (χ3v) is 1.61. The zero-order valence-corrected chi connectivity index (χ0v) is 6.18. The quantitative estimate of drug-likeness (QED) is 0.577. The number of rotatable bonds is 4. The van der Waals surface area contributed by atoms with Gasteiger partial charge in [-0.2, -0.15) is 0 Å². The van der Waals surface area contributed by atoms with E-state index in [1.807, 2.05) is 13.8 Å². The minimum absolute atomic E-state index is 0.547. The predicted molar refractivity (Wildman–Crippen MR) is 38.2 cm³/mol. The lowest BCUT2D eigenvalue weighted by atomic mass is 9.94. The molecule has 2 heteroatoms. The summed E-state index contributed by atoms with van der Waals surface area (Å²) >= 11 is 0. The Bertz CT molecular complexity index is 92.9. The van der Waals surface area contributed by atoms with Gasteiger partial charge in [0, 0.05) is 0 Å². The Hall–Kier alpha value is -0.370. The van der Waals surface area contributed by atoms with Crippen molar-refractivity contribution < 1.29 is 4.79 Å². The molecule has 0 saturated carbocycles. The molecule has 0 aliphatic carbocycles. The lowest BCUT2D eigenvalue weighted by Crippen LogP contribution is -2.40. The Kier molecular flexibility index (Phi) is 3.47. The highest BCUT2D eigenvalue weighted by molar-refractivity contribution is 5.63. The molecule has 0 amide bonds. The first-order chi connectivity index (χ1) is 4.18. The fourth-order valence-corrected chi connectivity index (χ4v) is 0.784. The van der Waals surface area contributed by atoms with Crippen LogP contribution in [0.15, 0.2) is 0 Å². The van der Waals surface area contributed by atoms with Crippen LogP contribution in [0.4, 0.5) is 0 Å². The highest BCUT2D eigenvalue weighted by Gasteiger charge is 2.19. The van der Waals surface area contributed by atoms with Crippen molar-refractivity contribution in [3.63, 3.8) is 0 Å². The maximum Gasteiger partial charge on any atom is 0.139 e. The van der Waals surface area contributed by atoms with Crippen molar-refractivity contribution in [2.45, 2.75) is 38.6 Å². The summed E-state index contributed by atoms with van der Waals surface area (Å²) in [5.41, 5.74) is 5.09. The highest BCUT2D eigenvalue weighted by atomic mass is 16.1. The van der Waals surface area contributed by atoms with Crippen LogP contribution in [0, 0.1) is 0 Å². The summed E-state index contributed by atoms with van der Waals surface area (Å²) in [5, 5.41) is 0. The predicted octanol–water partition coefficient (Wildman–Crippen LogP) is 1.09. The van der Waals surface area contributed by atoms with Crippen molar-refractivity contribution in [3.05, 3.63) is 0 Å². The molecule has 54 valence electrons. The van der Waals surface area contributed by atoms with E-state index in [0.29, 0.717) is 0 Å². The number of nitrogens with two attached hydrogens (primary N) is 1. The maximum absolute atomic E-state index is 10.3. The minimum atomic E-state index is -0.547. The first-order valence-corrected chi connectivity index (χ1v) is 3.43. The second-order valence-electron chi connectivity index (χ2n) is 2.45. The standard InChI is InChI=1S/C7H15NO/c1-3-5-7(8,4-2)6-9/h6H,3-5,8H2,1-2H3. The molecular weight excluding hydrogens is 114 g/mol. The van der Waals surface area contributed by atoms with Crippen molar-refractivity contribution in [2.75, 3.05) is 0 Å². The van der Waals surface area contributed by atoms with Gasteiger partial charge in [-0.1, -0.05) is 20.3 Å². The minimum Gasteiger partial charge on any atom is -0.319 e. The van der Waals surface area contributed by atoms with Crippen LogP contribution in [-0.4, -0.2) is 11.8 Å². The molecule has 0 aromatic rings. The average Bonchev–Trinajstić information content (AvgIpc) is 1.89. The van der Waals surface area contributed by atoms with Gasteiger partial charge in [0.1, 0.15) is 6.29 Å². The molecule has 9 heavy (non-hydrogen) atoms. The van der Waals surface area contributed by atoms with Gasteiger partial charge in [-0.15, -0.1) is 0 Å². The molecule has 0 aromatic carbocycles. The van der Waals surface area contributed by atoms with Gasteiger partial charge in [0.25, 0.3) is 0 Å². The second-order valence-corrected chi connectivity index (χ2v) is 2.45. The van der Waals surface area contributed by atoms with Gasteiger partial charge in [-0.25, -0.2) is 0 Å². The van der Waals surface area contributed by atoms with Gasteiger partial charge in [0.15, 0.2) is 0 Å². The van der Waals surface area contributed by atoms with Crippen LogP contribution >= 0.6 is 0 Å². The Balaban J connectivity index is 3.76. The first kappa shape index (κ1) is 8.63. The molecule has 0 heterocycles. The smallest absolute Gasteiger partial charge is 0.139 e. The third kappa shape index (κ3) is 2.61. The number of hydrogen-bond donors (Lipinski definition) is 1. The summed E-state index contributed by atoms with van der Waals surface area (Å²) in [6, 6.07) is 0. The topological polar surface area (TPSA) is 43.1 Å². The molecule has 0 spiro atoms. The van der Waals surface area contributed by atoms with E-state index in [4.69, 9.17) is 5.73 Å². The molecular formula is C7H15NO. The van der Waals surface area contributed by atoms with Crippen LogP contribution in [0.5, 0.6) is 0 Å². The number of aldehydes is 1. The Morgan fingerprint density at radius 3 is 2.22 bits per heavy atom. The zero-order valence-electron chi connectivity index (χ0n) is 6.18. The number of carbonyl (C=O) groups is 1.